The molecular weight excluding hydrogens is 562 g/mol. The summed E-state index contributed by atoms with van der Waals surface area (Å²) in [6.45, 7) is 14.9. The molecule has 1 N–H and O–H groups in total. The van der Waals surface area contributed by atoms with Crippen molar-refractivity contribution in [1.82, 2.24) is 14.7 Å². The van der Waals surface area contributed by atoms with Crippen molar-refractivity contribution >= 4 is 23.7 Å². The molecule has 3 saturated heterocycles. The fourth-order valence-corrected chi connectivity index (χ4v) is 7.14. The first-order valence-electron chi connectivity index (χ1n) is 15.5. The molecule has 3 heterocycles. The predicted molar refractivity (Wildman–Crippen MR) is 165 cm³/mol. The number of hydrogen-bond donors (Lipinski definition) is 1. The Morgan fingerprint density at radius 2 is 1.89 bits per heavy atom. The first kappa shape index (κ1) is 33.4. The molecule has 10 heteroatoms. The number of ether oxygens (including phenoxy) is 2. The van der Waals surface area contributed by atoms with Crippen LogP contribution in [0.5, 0.6) is 0 Å². The molecule has 1 aromatic carbocycles. The number of allylic oxidation sites excluding steroid dienone is 1. The molecule has 7 atom stereocenters. The Morgan fingerprint density at radius 1 is 1.20 bits per heavy atom. The fraction of sp³-hybridized carbons (Fsp3) is 0.588. The second kappa shape index (κ2) is 13.2. The maximum atomic E-state index is 14.2. The maximum absolute atomic E-state index is 14.2. The number of esters is 1. The summed E-state index contributed by atoms with van der Waals surface area (Å²) in [5, 5.41) is 9.90. The van der Waals surface area contributed by atoms with Crippen molar-refractivity contribution in [3.63, 3.8) is 0 Å². The average molecular weight is 610 g/mol. The minimum absolute atomic E-state index is 0.0589. The Kier molecular flexibility index (Phi) is 10.0. The van der Waals surface area contributed by atoms with Crippen LogP contribution in [-0.4, -0.2) is 99.6 Å². The van der Waals surface area contributed by atoms with Crippen LogP contribution >= 0.6 is 0 Å². The van der Waals surface area contributed by atoms with Gasteiger partial charge in [0, 0.05) is 32.1 Å². The number of carbonyl (C=O) groups excluding carboxylic acids is 4. The van der Waals surface area contributed by atoms with E-state index in [1.807, 2.05) is 58.0 Å². The first-order chi connectivity index (χ1) is 20.8. The summed E-state index contributed by atoms with van der Waals surface area (Å²) in [5.41, 5.74) is -1.07. The van der Waals surface area contributed by atoms with Gasteiger partial charge in [0.05, 0.1) is 30.6 Å². The quantitative estimate of drug-likeness (QED) is 0.270. The normalized spacial score (nSPS) is 27.0. The van der Waals surface area contributed by atoms with Gasteiger partial charge in [0.2, 0.25) is 17.7 Å². The topological polar surface area (TPSA) is 117 Å². The Bertz CT molecular complexity index is 1260. The molecule has 44 heavy (non-hydrogen) atoms. The molecular formula is C34H47N3O7. The smallest absolute Gasteiger partial charge is 0.313 e. The van der Waals surface area contributed by atoms with Gasteiger partial charge in [-0.3, -0.25) is 19.2 Å². The van der Waals surface area contributed by atoms with Crippen LogP contribution < -0.4 is 0 Å². The van der Waals surface area contributed by atoms with Crippen molar-refractivity contribution in [2.45, 2.75) is 88.8 Å². The van der Waals surface area contributed by atoms with Crippen LogP contribution in [0.3, 0.4) is 0 Å². The monoisotopic (exact) mass is 609 g/mol. The highest BCUT2D eigenvalue weighted by Crippen LogP contribution is 2.59. The number of amides is 3. The molecule has 3 fully saturated rings. The lowest BCUT2D eigenvalue weighted by atomic mass is 9.70. The number of carbonyl (C=O) groups is 4. The number of benzene rings is 1. The highest BCUT2D eigenvalue weighted by Gasteiger charge is 2.75. The summed E-state index contributed by atoms with van der Waals surface area (Å²) in [4.78, 5) is 60.0. The van der Waals surface area contributed by atoms with Gasteiger partial charge in [-0.2, -0.15) is 0 Å². The molecule has 3 amide bonds. The van der Waals surface area contributed by atoms with Gasteiger partial charge in [-0.05, 0) is 52.5 Å². The van der Waals surface area contributed by atoms with Gasteiger partial charge in [-0.15, -0.1) is 13.2 Å². The van der Waals surface area contributed by atoms with Gasteiger partial charge >= 0.3 is 5.97 Å². The average Bonchev–Trinajstić information content (AvgIpc) is 3.63. The molecule has 0 aliphatic carbocycles. The molecule has 0 unspecified atom stereocenters. The van der Waals surface area contributed by atoms with Gasteiger partial charge in [-0.25, -0.2) is 0 Å². The summed E-state index contributed by atoms with van der Waals surface area (Å²) >= 11 is 0. The predicted octanol–water partition coefficient (Wildman–Crippen LogP) is 3.26. The van der Waals surface area contributed by atoms with Crippen molar-refractivity contribution in [2.75, 3.05) is 26.7 Å². The third-order valence-electron chi connectivity index (χ3n) is 9.41. The second-order valence-corrected chi connectivity index (χ2v) is 13.1. The van der Waals surface area contributed by atoms with Crippen molar-refractivity contribution in [2.24, 2.45) is 11.8 Å². The zero-order chi connectivity index (χ0) is 32.4. The Morgan fingerprint density at radius 3 is 2.48 bits per heavy atom. The molecule has 0 aromatic heterocycles. The summed E-state index contributed by atoms with van der Waals surface area (Å²) in [5.74, 6) is -3.26. The number of β-amino-alcohol motifs (C(OH)–C–C–N with tert-alkyl or cyclic N) is 1. The van der Waals surface area contributed by atoms with Gasteiger partial charge in [0.15, 0.2) is 0 Å². The van der Waals surface area contributed by atoms with E-state index >= 15 is 0 Å². The van der Waals surface area contributed by atoms with Gasteiger partial charge in [-0.1, -0.05) is 42.5 Å². The molecule has 3 aliphatic heterocycles. The molecule has 4 rings (SSSR count). The minimum atomic E-state index is -1.21. The third kappa shape index (κ3) is 5.94. The highest BCUT2D eigenvalue weighted by atomic mass is 16.6. The van der Waals surface area contributed by atoms with E-state index in [-0.39, 0.29) is 37.9 Å². The summed E-state index contributed by atoms with van der Waals surface area (Å²) in [7, 11) is 1.68. The second-order valence-electron chi connectivity index (χ2n) is 13.1. The number of aliphatic hydroxyl groups excluding tert-OH is 1. The number of aliphatic hydroxyl groups is 1. The molecule has 10 nitrogen and oxygen atoms in total. The van der Waals surface area contributed by atoms with Crippen molar-refractivity contribution in [1.29, 1.82) is 0 Å². The van der Waals surface area contributed by atoms with Crippen LogP contribution in [0.2, 0.25) is 0 Å². The van der Waals surface area contributed by atoms with E-state index in [2.05, 4.69) is 13.2 Å². The Hall–Kier alpha value is -3.50. The lowest BCUT2D eigenvalue weighted by Gasteiger charge is -2.41. The summed E-state index contributed by atoms with van der Waals surface area (Å²) in [6.07, 6.45) is 3.66. The van der Waals surface area contributed by atoms with Crippen molar-refractivity contribution in [3.05, 3.63) is 61.2 Å². The molecule has 3 aliphatic rings. The standard InChI is InChI=1S/C34H47N3O7/c1-8-10-16-25(39)35(7)22(3)28(23-14-12-11-13-15-23)43-32(42)26-24-17-18-34(44-24)27(26)30(40)36(20-21-38)29(34)31(41)37(19-9-2)33(4,5)6/h8-9,11-15,22,24,26-29,38H,1-2,10,16-21H2,3-7H3/t22-,24-,26+,27+,28+,29-,34+/m1/s1. The number of rotatable bonds is 13. The molecule has 1 spiro atoms. The van der Waals surface area contributed by atoms with Crippen molar-refractivity contribution < 1.29 is 33.8 Å². The van der Waals surface area contributed by atoms with Crippen LogP contribution in [-0.2, 0) is 28.7 Å². The van der Waals surface area contributed by atoms with E-state index in [1.54, 1.807) is 29.0 Å². The van der Waals surface area contributed by atoms with E-state index in [1.165, 1.54) is 4.90 Å². The van der Waals surface area contributed by atoms with E-state index in [9.17, 15) is 24.3 Å². The number of nitrogens with zero attached hydrogens (tertiary/aromatic N) is 3. The Balaban J connectivity index is 1.67. The van der Waals surface area contributed by atoms with E-state index in [0.717, 1.165) is 0 Å². The van der Waals surface area contributed by atoms with Crippen LogP contribution in [0.4, 0.5) is 0 Å². The van der Waals surface area contributed by atoms with Crippen LogP contribution in [0.15, 0.2) is 55.6 Å². The van der Waals surface area contributed by atoms with Gasteiger partial charge < -0.3 is 29.3 Å². The van der Waals surface area contributed by atoms with Gasteiger partial charge in [0.1, 0.15) is 17.7 Å². The molecule has 0 radical (unpaired) electrons. The fourth-order valence-electron chi connectivity index (χ4n) is 7.14. The molecule has 0 saturated carbocycles. The number of fused-ring (bicyclic) bond motifs is 1. The van der Waals surface area contributed by atoms with Gasteiger partial charge in [0.25, 0.3) is 0 Å². The molecule has 240 valence electrons. The van der Waals surface area contributed by atoms with Crippen molar-refractivity contribution in [3.8, 4) is 0 Å². The SMILES string of the molecule is C=CCCC(=O)N(C)[C@H](C)[C@H](OC(=O)[C@@H]1[C@H]2C(=O)N(CCO)[C@H](C(=O)N(CC=C)C(C)(C)C)[C@]23CC[C@H]1O3)c1ccccc1. The Labute approximate surface area is 260 Å². The lowest BCUT2D eigenvalue weighted by molar-refractivity contribution is -0.165. The maximum Gasteiger partial charge on any atom is 0.313 e. The zero-order valence-electron chi connectivity index (χ0n) is 26.6. The van der Waals surface area contributed by atoms with Crippen LogP contribution in [0.1, 0.15) is 65.0 Å². The largest absolute Gasteiger partial charge is 0.455 e. The highest BCUT2D eigenvalue weighted by molar-refractivity contribution is 5.98. The van der Waals surface area contributed by atoms with E-state index < -0.39 is 59.1 Å². The first-order valence-corrected chi connectivity index (χ1v) is 15.5. The number of hydrogen-bond acceptors (Lipinski definition) is 7. The van der Waals surface area contributed by atoms with Crippen LogP contribution in [0, 0.1) is 11.8 Å². The van der Waals surface area contributed by atoms with E-state index in [0.29, 0.717) is 24.8 Å². The molecule has 1 aromatic rings. The minimum Gasteiger partial charge on any atom is -0.455 e. The number of likely N-dealkylation sites (N-methyl/N-ethyl adjacent to an activating group) is 1. The summed E-state index contributed by atoms with van der Waals surface area (Å²) < 4.78 is 12.8. The van der Waals surface area contributed by atoms with Crippen LogP contribution in [0.25, 0.3) is 0 Å². The zero-order valence-corrected chi connectivity index (χ0v) is 26.6. The summed E-state index contributed by atoms with van der Waals surface area (Å²) in [6, 6.07) is 7.72. The third-order valence-corrected chi connectivity index (χ3v) is 9.41. The molecule has 2 bridgehead atoms. The van der Waals surface area contributed by atoms with E-state index in [4.69, 9.17) is 9.47 Å². The number of likely N-dealkylation sites (tertiary alicyclic amines) is 1. The lowest BCUT2D eigenvalue weighted by Crippen LogP contribution is -2.60.